The third-order valence-electron chi connectivity index (χ3n) is 2.78. The lowest BCUT2D eigenvalue weighted by atomic mass is 10.1. The Balaban J connectivity index is 2.12. The van der Waals surface area contributed by atoms with Crippen LogP contribution in [0.25, 0.3) is 0 Å². The molecule has 1 unspecified atom stereocenters. The lowest BCUT2D eigenvalue weighted by Crippen LogP contribution is -2.50. The molecular formula is C10H17N5. The first-order valence-corrected chi connectivity index (χ1v) is 5.30. The van der Waals surface area contributed by atoms with Crippen LogP contribution >= 0.6 is 0 Å². The van der Waals surface area contributed by atoms with Crippen LogP contribution in [0.1, 0.15) is 18.4 Å². The molecule has 1 saturated heterocycles. The summed E-state index contributed by atoms with van der Waals surface area (Å²) >= 11 is 0. The van der Waals surface area contributed by atoms with Crippen molar-refractivity contribution in [3.8, 4) is 0 Å². The minimum Gasteiger partial charge on any atom is -0.315 e. The zero-order valence-electron chi connectivity index (χ0n) is 8.98. The molecule has 1 atom stereocenters. The van der Waals surface area contributed by atoms with Gasteiger partial charge in [-0.05, 0) is 26.3 Å². The molecule has 1 aromatic rings. The second-order valence-corrected chi connectivity index (χ2v) is 3.94. The van der Waals surface area contributed by atoms with Gasteiger partial charge >= 0.3 is 0 Å². The van der Waals surface area contributed by atoms with Crippen LogP contribution in [0.3, 0.4) is 0 Å². The van der Waals surface area contributed by atoms with Gasteiger partial charge in [0, 0.05) is 18.3 Å². The Bertz CT molecular complexity index is 321. The van der Waals surface area contributed by atoms with Crippen LogP contribution < -0.4 is 16.2 Å². The Morgan fingerprint density at radius 1 is 1.60 bits per heavy atom. The van der Waals surface area contributed by atoms with E-state index < -0.39 is 0 Å². The van der Waals surface area contributed by atoms with Crippen molar-refractivity contribution in [1.82, 2.24) is 15.3 Å². The van der Waals surface area contributed by atoms with Crippen LogP contribution in [0.15, 0.2) is 12.5 Å². The van der Waals surface area contributed by atoms with Crippen LogP contribution in [0.5, 0.6) is 0 Å². The van der Waals surface area contributed by atoms with Crippen molar-refractivity contribution in [2.45, 2.75) is 25.8 Å². The summed E-state index contributed by atoms with van der Waals surface area (Å²) in [7, 11) is 0. The minimum atomic E-state index is 0.340. The number of hydrazine groups is 1. The van der Waals surface area contributed by atoms with Crippen molar-refractivity contribution in [2.75, 3.05) is 18.1 Å². The molecule has 1 aliphatic rings. The van der Waals surface area contributed by atoms with Gasteiger partial charge in [0.25, 0.3) is 0 Å². The highest BCUT2D eigenvalue weighted by Gasteiger charge is 2.20. The second kappa shape index (κ2) is 4.55. The minimum absolute atomic E-state index is 0.340. The molecule has 1 fully saturated rings. The predicted molar refractivity (Wildman–Crippen MR) is 59.3 cm³/mol. The smallest absolute Gasteiger partial charge is 0.149 e. The Labute approximate surface area is 89.7 Å². The Morgan fingerprint density at radius 2 is 2.47 bits per heavy atom. The fourth-order valence-electron chi connectivity index (χ4n) is 1.91. The average Bonchev–Trinajstić information content (AvgIpc) is 2.30. The van der Waals surface area contributed by atoms with Gasteiger partial charge in [-0.3, -0.25) is 5.01 Å². The van der Waals surface area contributed by atoms with Gasteiger partial charge in [-0.1, -0.05) is 0 Å². The van der Waals surface area contributed by atoms with E-state index in [0.29, 0.717) is 6.04 Å². The number of nitrogens with zero attached hydrogens (tertiary/aromatic N) is 3. The summed E-state index contributed by atoms with van der Waals surface area (Å²) in [6.07, 6.45) is 5.62. The van der Waals surface area contributed by atoms with Gasteiger partial charge in [0.15, 0.2) is 0 Å². The molecule has 1 aliphatic heterocycles. The highest BCUT2D eigenvalue weighted by atomic mass is 15.5. The largest absolute Gasteiger partial charge is 0.315 e. The maximum absolute atomic E-state index is 6.07. The maximum Gasteiger partial charge on any atom is 0.149 e. The third kappa shape index (κ3) is 2.24. The van der Waals surface area contributed by atoms with E-state index >= 15 is 0 Å². The van der Waals surface area contributed by atoms with Crippen LogP contribution in [-0.4, -0.2) is 29.1 Å². The summed E-state index contributed by atoms with van der Waals surface area (Å²) in [6, 6.07) is 0.340. The van der Waals surface area contributed by atoms with Crippen molar-refractivity contribution in [3.63, 3.8) is 0 Å². The molecule has 2 rings (SSSR count). The van der Waals surface area contributed by atoms with Gasteiger partial charge in [-0.15, -0.1) is 0 Å². The molecule has 0 bridgehead atoms. The van der Waals surface area contributed by atoms with Gasteiger partial charge in [0.2, 0.25) is 0 Å². The Morgan fingerprint density at radius 3 is 3.13 bits per heavy atom. The monoisotopic (exact) mass is 207 g/mol. The lowest BCUT2D eigenvalue weighted by molar-refractivity contribution is 0.432. The topological polar surface area (TPSA) is 67.1 Å². The summed E-state index contributed by atoms with van der Waals surface area (Å²) in [6.45, 7) is 4.00. The molecule has 1 aromatic heterocycles. The summed E-state index contributed by atoms with van der Waals surface area (Å²) in [5.41, 5.74) is 1.02. The molecule has 5 heteroatoms. The number of hydrogen-bond acceptors (Lipinski definition) is 5. The van der Waals surface area contributed by atoms with Gasteiger partial charge in [-0.2, -0.15) is 0 Å². The quantitative estimate of drug-likeness (QED) is 0.536. The van der Waals surface area contributed by atoms with E-state index in [1.165, 1.54) is 6.42 Å². The molecule has 0 spiro atoms. The first-order valence-electron chi connectivity index (χ1n) is 5.30. The molecular weight excluding hydrogens is 190 g/mol. The van der Waals surface area contributed by atoms with Crippen LogP contribution in [0.2, 0.25) is 0 Å². The zero-order valence-corrected chi connectivity index (χ0v) is 8.98. The van der Waals surface area contributed by atoms with Gasteiger partial charge in [0.1, 0.15) is 12.1 Å². The highest BCUT2D eigenvalue weighted by Crippen LogP contribution is 2.17. The predicted octanol–water partition coefficient (Wildman–Crippen LogP) is 0.217. The molecule has 0 amide bonds. The number of hydrogen-bond donors (Lipinski definition) is 2. The number of nitrogens with two attached hydrogens (primary N) is 1. The molecule has 0 radical (unpaired) electrons. The summed E-state index contributed by atoms with van der Waals surface area (Å²) in [5, 5.41) is 5.11. The van der Waals surface area contributed by atoms with E-state index in [1.54, 1.807) is 17.5 Å². The van der Waals surface area contributed by atoms with Crippen LogP contribution in [0, 0.1) is 6.92 Å². The third-order valence-corrected chi connectivity index (χ3v) is 2.78. The zero-order chi connectivity index (χ0) is 10.7. The van der Waals surface area contributed by atoms with Gasteiger partial charge in [0.05, 0.1) is 6.04 Å². The standard InChI is InChI=1S/C10H17N5/c1-8-5-13-7-14-10(8)15(11)9-3-2-4-12-6-9/h5,7,9,12H,2-4,6,11H2,1H3. The molecule has 0 aromatic carbocycles. The molecule has 5 nitrogen and oxygen atoms in total. The maximum atomic E-state index is 6.07. The van der Waals surface area contributed by atoms with Gasteiger partial charge < -0.3 is 5.32 Å². The molecule has 0 aliphatic carbocycles. The number of aromatic nitrogens is 2. The van der Waals surface area contributed by atoms with E-state index in [2.05, 4.69) is 15.3 Å². The molecule has 15 heavy (non-hydrogen) atoms. The van der Waals surface area contributed by atoms with E-state index in [9.17, 15) is 0 Å². The average molecular weight is 207 g/mol. The molecule has 2 heterocycles. The number of nitrogens with one attached hydrogen (secondary N) is 1. The Hall–Kier alpha value is -1.20. The van der Waals surface area contributed by atoms with Crippen molar-refractivity contribution in [2.24, 2.45) is 5.84 Å². The summed E-state index contributed by atoms with van der Waals surface area (Å²) in [5.74, 6) is 6.91. The van der Waals surface area contributed by atoms with Crippen molar-refractivity contribution in [3.05, 3.63) is 18.1 Å². The van der Waals surface area contributed by atoms with Gasteiger partial charge in [-0.25, -0.2) is 15.8 Å². The number of aryl methyl sites for hydroxylation is 1. The number of piperidine rings is 1. The highest BCUT2D eigenvalue weighted by molar-refractivity contribution is 5.43. The number of rotatable bonds is 2. The fourth-order valence-corrected chi connectivity index (χ4v) is 1.91. The van der Waals surface area contributed by atoms with Crippen LogP contribution in [0.4, 0.5) is 5.82 Å². The van der Waals surface area contributed by atoms with Crippen molar-refractivity contribution in [1.29, 1.82) is 0 Å². The summed E-state index contributed by atoms with van der Waals surface area (Å²) in [4.78, 5) is 8.18. The van der Waals surface area contributed by atoms with E-state index in [0.717, 1.165) is 30.9 Å². The second-order valence-electron chi connectivity index (χ2n) is 3.94. The molecule has 0 saturated carbocycles. The van der Waals surface area contributed by atoms with E-state index in [1.807, 2.05) is 6.92 Å². The van der Waals surface area contributed by atoms with Crippen molar-refractivity contribution < 1.29 is 0 Å². The van der Waals surface area contributed by atoms with E-state index in [-0.39, 0.29) is 0 Å². The Kier molecular flexibility index (Phi) is 3.13. The summed E-state index contributed by atoms with van der Waals surface area (Å²) < 4.78 is 0. The fraction of sp³-hybridized carbons (Fsp3) is 0.600. The van der Waals surface area contributed by atoms with Crippen LogP contribution in [-0.2, 0) is 0 Å². The normalized spacial score (nSPS) is 21.3. The molecule has 82 valence electrons. The van der Waals surface area contributed by atoms with Crippen molar-refractivity contribution >= 4 is 5.82 Å². The SMILES string of the molecule is Cc1cncnc1N(N)C1CCCNC1. The lowest BCUT2D eigenvalue weighted by Gasteiger charge is -2.32. The first-order chi connectivity index (χ1) is 7.29. The molecule has 3 N–H and O–H groups in total. The number of anilines is 1. The first kappa shape index (κ1) is 10.3. The van der Waals surface area contributed by atoms with E-state index in [4.69, 9.17) is 5.84 Å².